The largest absolute Gasteiger partial charge is 0.298 e. The molecule has 0 heterocycles. The Labute approximate surface area is 134 Å². The molecule has 0 aliphatic heterocycles. The van der Waals surface area contributed by atoms with E-state index in [0.717, 1.165) is 29.0 Å². The van der Waals surface area contributed by atoms with Crippen molar-refractivity contribution < 1.29 is 4.79 Å². The maximum Gasteiger partial charge on any atom is 0.150 e. The zero-order valence-corrected chi connectivity index (χ0v) is 13.6. The van der Waals surface area contributed by atoms with Crippen molar-refractivity contribution in [1.29, 1.82) is 0 Å². The lowest BCUT2D eigenvalue weighted by Gasteiger charge is -2.05. The molecule has 1 nitrogen and oxygen atoms in total. The third-order valence-electron chi connectivity index (χ3n) is 4.14. The standard InChI is InChI=1S/C21H26O/c1-2-3-4-5-6-7-8-9-12-18-15-16-19(17-22)21-14-11-10-13-20(18)21/h9-17H,2-8H2,1H3/b12-9+. The van der Waals surface area contributed by atoms with Crippen LogP contribution in [-0.2, 0) is 0 Å². The summed E-state index contributed by atoms with van der Waals surface area (Å²) in [6.45, 7) is 2.25. The van der Waals surface area contributed by atoms with E-state index in [-0.39, 0.29) is 0 Å². The van der Waals surface area contributed by atoms with Crippen molar-refractivity contribution >= 4 is 23.1 Å². The minimum atomic E-state index is 0.767. The Bertz CT molecular complexity index is 625. The number of carbonyl (C=O) groups excluding carboxylic acids is 1. The Kier molecular flexibility index (Phi) is 6.89. The number of allylic oxidation sites excluding steroid dienone is 1. The van der Waals surface area contributed by atoms with Crippen LogP contribution in [0.2, 0.25) is 0 Å². The highest BCUT2D eigenvalue weighted by molar-refractivity contribution is 6.01. The molecule has 2 aromatic carbocycles. The Morgan fingerprint density at radius 2 is 1.45 bits per heavy atom. The van der Waals surface area contributed by atoms with Crippen molar-refractivity contribution in [3.8, 4) is 0 Å². The third kappa shape index (κ3) is 4.56. The Balaban J connectivity index is 1.94. The Hall–Kier alpha value is -1.89. The highest BCUT2D eigenvalue weighted by Crippen LogP contribution is 2.23. The van der Waals surface area contributed by atoms with Crippen LogP contribution in [0.1, 0.15) is 67.8 Å². The number of hydrogen-bond donors (Lipinski definition) is 0. The van der Waals surface area contributed by atoms with Crippen LogP contribution in [0.3, 0.4) is 0 Å². The average Bonchev–Trinajstić information content (AvgIpc) is 2.57. The van der Waals surface area contributed by atoms with Crippen molar-refractivity contribution in [2.45, 2.75) is 51.9 Å². The quantitative estimate of drug-likeness (QED) is 0.385. The lowest BCUT2D eigenvalue weighted by Crippen LogP contribution is -1.86. The van der Waals surface area contributed by atoms with Gasteiger partial charge in [-0.15, -0.1) is 0 Å². The van der Waals surface area contributed by atoms with Crippen LogP contribution in [0.4, 0.5) is 0 Å². The number of hydrogen-bond acceptors (Lipinski definition) is 1. The minimum absolute atomic E-state index is 0.767. The van der Waals surface area contributed by atoms with Crippen molar-refractivity contribution in [3.05, 3.63) is 53.6 Å². The molecule has 0 atom stereocenters. The summed E-state index contributed by atoms with van der Waals surface area (Å²) in [5, 5.41) is 2.20. The van der Waals surface area contributed by atoms with Crippen molar-refractivity contribution in [2.75, 3.05) is 0 Å². The zero-order valence-electron chi connectivity index (χ0n) is 13.6. The molecule has 0 spiro atoms. The molecule has 2 aromatic rings. The van der Waals surface area contributed by atoms with Gasteiger partial charge in [0.05, 0.1) is 0 Å². The second kappa shape index (κ2) is 9.19. The molecular formula is C21H26O. The van der Waals surface area contributed by atoms with Crippen LogP contribution in [0, 0.1) is 0 Å². The molecular weight excluding hydrogens is 268 g/mol. The van der Waals surface area contributed by atoms with E-state index >= 15 is 0 Å². The van der Waals surface area contributed by atoms with E-state index in [9.17, 15) is 4.79 Å². The highest BCUT2D eigenvalue weighted by Gasteiger charge is 2.02. The van der Waals surface area contributed by atoms with Gasteiger partial charge < -0.3 is 0 Å². The van der Waals surface area contributed by atoms with Gasteiger partial charge in [0.1, 0.15) is 0 Å². The fourth-order valence-corrected chi connectivity index (χ4v) is 2.85. The monoisotopic (exact) mass is 294 g/mol. The zero-order chi connectivity index (χ0) is 15.6. The first-order valence-electron chi connectivity index (χ1n) is 8.50. The maximum absolute atomic E-state index is 11.1. The fourth-order valence-electron chi connectivity index (χ4n) is 2.85. The van der Waals surface area contributed by atoms with Gasteiger partial charge in [-0.05, 0) is 29.2 Å². The van der Waals surface area contributed by atoms with Gasteiger partial charge in [-0.25, -0.2) is 0 Å². The second-order valence-corrected chi connectivity index (χ2v) is 5.87. The number of fused-ring (bicyclic) bond motifs is 1. The van der Waals surface area contributed by atoms with Crippen molar-refractivity contribution in [1.82, 2.24) is 0 Å². The van der Waals surface area contributed by atoms with Crippen LogP contribution in [0.25, 0.3) is 16.8 Å². The highest BCUT2D eigenvalue weighted by atomic mass is 16.1. The first-order chi connectivity index (χ1) is 10.9. The van der Waals surface area contributed by atoms with E-state index in [4.69, 9.17) is 0 Å². The summed E-state index contributed by atoms with van der Waals surface area (Å²) in [6, 6.07) is 12.1. The van der Waals surface area contributed by atoms with Gasteiger partial charge in [0.25, 0.3) is 0 Å². The Morgan fingerprint density at radius 1 is 0.818 bits per heavy atom. The first-order valence-corrected chi connectivity index (χ1v) is 8.50. The van der Waals surface area contributed by atoms with E-state index in [1.54, 1.807) is 0 Å². The number of aldehydes is 1. The predicted octanol–water partition coefficient (Wildman–Crippen LogP) is 6.42. The SMILES string of the molecule is CCCCCCCC/C=C/c1ccc(C=O)c2ccccc12. The molecule has 0 saturated carbocycles. The number of benzene rings is 2. The molecule has 0 unspecified atom stereocenters. The summed E-state index contributed by atoms with van der Waals surface area (Å²) in [6.07, 6.45) is 14.5. The van der Waals surface area contributed by atoms with Crippen LogP contribution in [0.15, 0.2) is 42.5 Å². The second-order valence-electron chi connectivity index (χ2n) is 5.87. The van der Waals surface area contributed by atoms with Crippen molar-refractivity contribution in [2.24, 2.45) is 0 Å². The van der Waals surface area contributed by atoms with Gasteiger partial charge in [0.2, 0.25) is 0 Å². The number of carbonyl (C=O) groups is 1. The minimum Gasteiger partial charge on any atom is -0.298 e. The summed E-state index contributed by atoms with van der Waals surface area (Å²) >= 11 is 0. The molecule has 2 rings (SSSR count). The third-order valence-corrected chi connectivity index (χ3v) is 4.14. The molecule has 0 saturated heterocycles. The smallest absolute Gasteiger partial charge is 0.150 e. The first kappa shape index (κ1) is 16.5. The summed E-state index contributed by atoms with van der Waals surface area (Å²) in [7, 11) is 0. The molecule has 116 valence electrons. The average molecular weight is 294 g/mol. The topological polar surface area (TPSA) is 17.1 Å². The van der Waals surface area contributed by atoms with E-state index < -0.39 is 0 Å². The Morgan fingerprint density at radius 3 is 2.18 bits per heavy atom. The number of unbranched alkanes of at least 4 members (excludes halogenated alkanes) is 6. The molecule has 0 amide bonds. The molecule has 0 N–H and O–H groups in total. The summed E-state index contributed by atoms with van der Waals surface area (Å²) in [5.41, 5.74) is 1.97. The summed E-state index contributed by atoms with van der Waals surface area (Å²) in [4.78, 5) is 11.1. The predicted molar refractivity (Wildman–Crippen MR) is 96.4 cm³/mol. The molecule has 0 aliphatic carbocycles. The van der Waals surface area contributed by atoms with Crippen LogP contribution in [0.5, 0.6) is 0 Å². The van der Waals surface area contributed by atoms with Gasteiger partial charge in [-0.1, -0.05) is 87.6 Å². The van der Waals surface area contributed by atoms with Gasteiger partial charge in [0, 0.05) is 5.56 Å². The molecule has 0 bridgehead atoms. The van der Waals surface area contributed by atoms with Gasteiger partial charge >= 0.3 is 0 Å². The van der Waals surface area contributed by atoms with Crippen LogP contribution < -0.4 is 0 Å². The van der Waals surface area contributed by atoms with Crippen LogP contribution >= 0.6 is 0 Å². The lowest BCUT2D eigenvalue weighted by atomic mass is 9.99. The molecule has 0 radical (unpaired) electrons. The van der Waals surface area contributed by atoms with E-state index in [1.807, 2.05) is 30.3 Å². The fraction of sp³-hybridized carbons (Fsp3) is 0.381. The molecule has 0 aliphatic rings. The maximum atomic E-state index is 11.1. The van der Waals surface area contributed by atoms with E-state index in [0.29, 0.717) is 0 Å². The van der Waals surface area contributed by atoms with E-state index in [2.05, 4.69) is 25.1 Å². The van der Waals surface area contributed by atoms with Gasteiger partial charge in [0.15, 0.2) is 6.29 Å². The lowest BCUT2D eigenvalue weighted by molar-refractivity contribution is 0.112. The van der Waals surface area contributed by atoms with Gasteiger partial charge in [-0.3, -0.25) is 4.79 Å². The summed E-state index contributed by atoms with van der Waals surface area (Å²) in [5.74, 6) is 0. The number of rotatable bonds is 9. The van der Waals surface area contributed by atoms with Crippen LogP contribution in [-0.4, -0.2) is 6.29 Å². The molecule has 0 fully saturated rings. The molecule has 0 aromatic heterocycles. The van der Waals surface area contributed by atoms with Crippen molar-refractivity contribution in [3.63, 3.8) is 0 Å². The molecule has 22 heavy (non-hydrogen) atoms. The van der Waals surface area contributed by atoms with Gasteiger partial charge in [-0.2, -0.15) is 0 Å². The molecule has 1 heteroatoms. The van der Waals surface area contributed by atoms with E-state index in [1.165, 1.54) is 44.1 Å². The normalized spacial score (nSPS) is 11.3. The summed E-state index contributed by atoms with van der Waals surface area (Å²) < 4.78 is 0.